The minimum absolute atomic E-state index is 0.00931. The molecule has 0 unspecified atom stereocenters. The number of phenols is 1. The van der Waals surface area contributed by atoms with Crippen molar-refractivity contribution >= 4 is 29.1 Å². The molecule has 11 nitrogen and oxygen atoms in total. The second-order valence-corrected chi connectivity index (χ2v) is 14.8. The molecular formula is C42H45FN6O5. The number of piperidine rings is 2. The molecule has 3 aromatic carbocycles. The highest BCUT2D eigenvalue weighted by molar-refractivity contribution is 6.03. The molecule has 12 heteroatoms. The van der Waals surface area contributed by atoms with Gasteiger partial charge in [0.15, 0.2) is 0 Å². The number of anilines is 2. The summed E-state index contributed by atoms with van der Waals surface area (Å²) >= 11 is 0. The molecule has 0 bridgehead atoms. The number of imide groups is 1. The fourth-order valence-electron chi connectivity index (χ4n) is 8.45. The van der Waals surface area contributed by atoms with Crippen molar-refractivity contribution in [3.8, 4) is 11.5 Å². The van der Waals surface area contributed by atoms with Crippen molar-refractivity contribution in [3.63, 3.8) is 0 Å². The maximum Gasteiger partial charge on any atom is 0.270 e. The van der Waals surface area contributed by atoms with Crippen molar-refractivity contribution in [2.24, 2.45) is 5.92 Å². The van der Waals surface area contributed by atoms with Crippen molar-refractivity contribution in [2.45, 2.75) is 43.6 Å². The number of carbonyl (C=O) groups is 3. The molecule has 3 N–H and O–H groups in total. The molecule has 1 aromatic heterocycles. The van der Waals surface area contributed by atoms with Crippen molar-refractivity contribution in [3.05, 3.63) is 113 Å². The number of pyridine rings is 1. The van der Waals surface area contributed by atoms with Gasteiger partial charge in [0.25, 0.3) is 5.91 Å². The second kappa shape index (κ2) is 15.5. The zero-order valence-corrected chi connectivity index (χ0v) is 30.1. The summed E-state index contributed by atoms with van der Waals surface area (Å²) in [6, 6.07) is 23.9. The van der Waals surface area contributed by atoms with E-state index in [1.54, 1.807) is 30.5 Å². The van der Waals surface area contributed by atoms with Crippen LogP contribution in [0.3, 0.4) is 0 Å². The third-order valence-electron chi connectivity index (χ3n) is 11.4. The number of nitrogens with one attached hydrogen (secondary N) is 2. The molecule has 4 aliphatic rings. The lowest BCUT2D eigenvalue weighted by molar-refractivity contribution is -0.134. The van der Waals surface area contributed by atoms with Crippen LogP contribution < -0.4 is 25.2 Å². The topological polar surface area (TPSA) is 127 Å². The number of aromatic hydroxyl groups is 1. The molecule has 3 atom stereocenters. The Morgan fingerprint density at radius 1 is 0.889 bits per heavy atom. The average Bonchev–Trinajstić information content (AvgIpc) is 3.19. The number of ether oxygens (including phenoxy) is 1. The van der Waals surface area contributed by atoms with Crippen LogP contribution in [0.2, 0.25) is 0 Å². The molecule has 3 amide bonds. The van der Waals surface area contributed by atoms with Crippen molar-refractivity contribution in [2.75, 3.05) is 62.2 Å². The first-order valence-electron chi connectivity index (χ1n) is 18.9. The zero-order chi connectivity index (χ0) is 37.2. The fraction of sp³-hybridized carbons (Fsp3) is 0.381. The highest BCUT2D eigenvalue weighted by Gasteiger charge is 2.35. The number of benzene rings is 3. The highest BCUT2D eigenvalue weighted by Crippen LogP contribution is 2.47. The minimum Gasteiger partial charge on any atom is -0.508 e. The summed E-state index contributed by atoms with van der Waals surface area (Å²) in [5, 5.41) is 15.0. The van der Waals surface area contributed by atoms with E-state index in [1.165, 1.54) is 0 Å². The quantitative estimate of drug-likeness (QED) is 0.219. The van der Waals surface area contributed by atoms with Gasteiger partial charge in [0.05, 0.1) is 24.2 Å². The van der Waals surface area contributed by atoms with Gasteiger partial charge >= 0.3 is 0 Å². The predicted molar refractivity (Wildman–Crippen MR) is 202 cm³/mol. The van der Waals surface area contributed by atoms with Crippen molar-refractivity contribution in [1.82, 2.24) is 20.5 Å². The summed E-state index contributed by atoms with van der Waals surface area (Å²) in [5.41, 5.74) is 4.81. The standard InChI is InChI=1S/C42H45FN6O5/c43-34-22-29(40-32-9-8-31(50)23-38(32)54-26-33(40)28-4-2-1-3-5-28)6-12-37(34)49-16-14-27(15-17-49)25-47-18-20-48(21-19-47)30-7-10-35(44-24-30)41(52)45-36-11-13-39(51)46-42(36)53/h1-10,12,22-24,27,33,36,40,50H,11,13-21,25-26H2,(H,45,52)(H,46,51,53)/t33-,36+,40-/m0/s1. The first-order valence-corrected chi connectivity index (χ1v) is 18.9. The second-order valence-electron chi connectivity index (χ2n) is 14.8. The van der Waals surface area contributed by atoms with Crippen LogP contribution in [0.25, 0.3) is 0 Å². The first kappa shape index (κ1) is 35.5. The lowest BCUT2D eigenvalue weighted by Crippen LogP contribution is -2.52. The van der Waals surface area contributed by atoms with E-state index >= 15 is 4.39 Å². The molecule has 0 saturated carbocycles. The van der Waals surface area contributed by atoms with Crippen LogP contribution >= 0.6 is 0 Å². The van der Waals surface area contributed by atoms with Crippen LogP contribution in [0, 0.1) is 11.7 Å². The number of rotatable bonds is 8. The molecule has 0 radical (unpaired) electrons. The number of aromatic nitrogens is 1. The van der Waals surface area contributed by atoms with E-state index in [1.807, 2.05) is 36.4 Å². The van der Waals surface area contributed by atoms with Gasteiger partial charge in [-0.05, 0) is 66.6 Å². The van der Waals surface area contributed by atoms with E-state index in [0.29, 0.717) is 24.0 Å². The van der Waals surface area contributed by atoms with Gasteiger partial charge in [0, 0.05) is 75.7 Å². The number of halogens is 1. The van der Waals surface area contributed by atoms with Crippen LogP contribution in [-0.2, 0) is 9.59 Å². The number of carbonyl (C=O) groups excluding carboxylic acids is 3. The summed E-state index contributed by atoms with van der Waals surface area (Å²) in [6.07, 6.45) is 4.18. The third kappa shape index (κ3) is 7.61. The van der Waals surface area contributed by atoms with Crippen LogP contribution in [0.5, 0.6) is 11.5 Å². The number of piperazine rings is 1. The number of hydrogen-bond donors (Lipinski definition) is 3. The summed E-state index contributed by atoms with van der Waals surface area (Å²) < 4.78 is 22.1. The molecular weight excluding hydrogens is 687 g/mol. The number of fused-ring (bicyclic) bond motifs is 1. The van der Waals surface area contributed by atoms with Gasteiger partial charge in [-0.15, -0.1) is 0 Å². The Bertz CT molecular complexity index is 2000. The predicted octanol–water partition coefficient (Wildman–Crippen LogP) is 4.81. The molecule has 3 saturated heterocycles. The van der Waals surface area contributed by atoms with Crippen molar-refractivity contribution in [1.29, 1.82) is 0 Å². The zero-order valence-electron chi connectivity index (χ0n) is 30.1. The maximum atomic E-state index is 16.0. The normalized spacial score (nSPS) is 22.3. The SMILES string of the molecule is O=C1CC[C@@H](NC(=O)c2ccc(N3CCN(CC4CCN(c5ccc([C@H]6c7ccc(O)cc7OC[C@H]6c6ccccc6)cc5F)CC4)CC3)cn2)C(=O)N1. The monoisotopic (exact) mass is 732 g/mol. The highest BCUT2D eigenvalue weighted by atomic mass is 19.1. The molecule has 3 fully saturated rings. The lowest BCUT2D eigenvalue weighted by Gasteiger charge is -2.40. The summed E-state index contributed by atoms with van der Waals surface area (Å²) in [5.74, 6) is -0.229. The molecule has 8 rings (SSSR count). The average molecular weight is 733 g/mol. The van der Waals surface area contributed by atoms with E-state index < -0.39 is 17.9 Å². The van der Waals surface area contributed by atoms with Gasteiger partial charge in [0.2, 0.25) is 11.8 Å². The van der Waals surface area contributed by atoms with Gasteiger partial charge in [-0.25, -0.2) is 9.37 Å². The van der Waals surface area contributed by atoms with E-state index in [4.69, 9.17) is 4.74 Å². The summed E-state index contributed by atoms with van der Waals surface area (Å²) in [7, 11) is 0. The Balaban J connectivity index is 0.834. The van der Waals surface area contributed by atoms with Gasteiger partial charge in [0.1, 0.15) is 29.1 Å². The van der Waals surface area contributed by atoms with Crippen LogP contribution in [0.4, 0.5) is 15.8 Å². The van der Waals surface area contributed by atoms with Crippen molar-refractivity contribution < 1.29 is 28.6 Å². The largest absolute Gasteiger partial charge is 0.508 e. The van der Waals surface area contributed by atoms with Gasteiger partial charge < -0.3 is 25.0 Å². The number of phenolic OH excluding ortho intramolecular Hbond substituents is 1. The van der Waals surface area contributed by atoms with Gasteiger partial charge in [-0.1, -0.05) is 42.5 Å². The van der Waals surface area contributed by atoms with Crippen LogP contribution in [0.15, 0.2) is 85.1 Å². The number of amides is 3. The smallest absolute Gasteiger partial charge is 0.270 e. The Labute approximate surface area is 314 Å². The number of hydrogen-bond acceptors (Lipinski definition) is 9. The Hall–Kier alpha value is -5.49. The Morgan fingerprint density at radius 2 is 1.69 bits per heavy atom. The van der Waals surface area contributed by atoms with Crippen LogP contribution in [-0.4, -0.2) is 91.2 Å². The van der Waals surface area contributed by atoms with E-state index in [2.05, 4.69) is 48.5 Å². The fourth-order valence-corrected chi connectivity index (χ4v) is 8.45. The number of nitrogens with zero attached hydrogens (tertiary/aromatic N) is 4. The molecule has 5 heterocycles. The maximum absolute atomic E-state index is 16.0. The molecule has 0 aliphatic carbocycles. The lowest BCUT2D eigenvalue weighted by atomic mass is 9.76. The molecule has 4 aromatic rings. The molecule has 54 heavy (non-hydrogen) atoms. The molecule has 280 valence electrons. The van der Waals surface area contributed by atoms with Gasteiger partial charge in [-0.3, -0.25) is 24.6 Å². The van der Waals surface area contributed by atoms with Gasteiger partial charge in [-0.2, -0.15) is 0 Å². The Morgan fingerprint density at radius 3 is 2.41 bits per heavy atom. The van der Waals surface area contributed by atoms with E-state index in [9.17, 15) is 19.5 Å². The summed E-state index contributed by atoms with van der Waals surface area (Å²) in [6.45, 7) is 6.62. The van der Waals surface area contributed by atoms with E-state index in [0.717, 1.165) is 81.0 Å². The Kier molecular flexibility index (Phi) is 10.2. The summed E-state index contributed by atoms with van der Waals surface area (Å²) in [4.78, 5) is 47.4. The molecule has 4 aliphatic heterocycles. The van der Waals surface area contributed by atoms with Crippen LogP contribution in [0.1, 0.15) is 64.7 Å². The third-order valence-corrected chi connectivity index (χ3v) is 11.4. The minimum atomic E-state index is -0.738. The first-order chi connectivity index (χ1) is 26.3. The van der Waals surface area contributed by atoms with E-state index in [-0.39, 0.29) is 47.8 Å². The molecule has 0 spiro atoms.